The first-order valence-electron chi connectivity index (χ1n) is 13.2. The third kappa shape index (κ3) is 7.58. The van der Waals surface area contributed by atoms with Crippen molar-refractivity contribution in [2.75, 3.05) is 20.1 Å². The van der Waals surface area contributed by atoms with E-state index in [9.17, 15) is 19.8 Å². The van der Waals surface area contributed by atoms with Crippen LogP contribution in [-0.2, 0) is 11.3 Å². The Hall–Kier alpha value is -3.89. The van der Waals surface area contributed by atoms with E-state index in [-0.39, 0.29) is 40.7 Å². The second kappa shape index (κ2) is 13.8. The maximum Gasteiger partial charge on any atom is 0.274 e. The number of nitrogens with zero attached hydrogens (tertiary/aromatic N) is 2. The van der Waals surface area contributed by atoms with Crippen molar-refractivity contribution in [1.82, 2.24) is 20.9 Å². The van der Waals surface area contributed by atoms with Crippen LogP contribution < -0.4 is 10.8 Å². The van der Waals surface area contributed by atoms with Crippen LogP contribution in [0, 0.1) is 0 Å². The number of carbonyl (C=O) groups is 2. The first-order valence-corrected chi connectivity index (χ1v) is 13.2. The molecule has 2 aromatic carbocycles. The topological polar surface area (TPSA) is 148 Å². The third-order valence-electron chi connectivity index (χ3n) is 6.52. The fourth-order valence-electron chi connectivity index (χ4n) is 4.45. The van der Waals surface area contributed by atoms with Crippen LogP contribution in [0.15, 0.2) is 40.9 Å². The van der Waals surface area contributed by atoms with Crippen molar-refractivity contribution >= 4 is 11.8 Å². The average molecular weight is 539 g/mol. The van der Waals surface area contributed by atoms with Gasteiger partial charge in [-0.1, -0.05) is 49.7 Å². The predicted molar refractivity (Wildman–Crippen MR) is 148 cm³/mol. The van der Waals surface area contributed by atoms with Crippen molar-refractivity contribution in [2.45, 2.75) is 58.9 Å². The van der Waals surface area contributed by atoms with Crippen LogP contribution in [0.5, 0.6) is 11.5 Å². The highest BCUT2D eigenvalue weighted by atomic mass is 16.5. The molecule has 3 aromatic rings. The summed E-state index contributed by atoms with van der Waals surface area (Å²) >= 11 is 0. The molecule has 0 unspecified atom stereocenters. The van der Waals surface area contributed by atoms with Crippen LogP contribution in [0.4, 0.5) is 0 Å². The zero-order valence-corrected chi connectivity index (χ0v) is 23.0. The molecular weight excluding hydrogens is 500 g/mol. The second-order valence-electron chi connectivity index (χ2n) is 9.96. The molecule has 0 radical (unpaired) electrons. The molecule has 0 saturated carbocycles. The van der Waals surface area contributed by atoms with E-state index in [1.165, 1.54) is 6.07 Å². The lowest BCUT2D eigenvalue weighted by molar-refractivity contribution is -0.129. The lowest BCUT2D eigenvalue weighted by Crippen LogP contribution is -2.23. The summed E-state index contributed by atoms with van der Waals surface area (Å²) in [4.78, 5) is 26.1. The van der Waals surface area contributed by atoms with Crippen molar-refractivity contribution < 1.29 is 29.5 Å². The van der Waals surface area contributed by atoms with Crippen LogP contribution in [0.3, 0.4) is 0 Å². The van der Waals surface area contributed by atoms with Gasteiger partial charge in [-0.3, -0.25) is 14.8 Å². The van der Waals surface area contributed by atoms with Gasteiger partial charge in [-0.05, 0) is 62.0 Å². The number of rotatable bonds is 13. The number of unbranched alkanes of at least 4 members (excludes halogenated alkanes) is 2. The predicted octanol–water partition coefficient (Wildman–Crippen LogP) is 4.79. The smallest absolute Gasteiger partial charge is 0.274 e. The van der Waals surface area contributed by atoms with E-state index in [1.54, 1.807) is 11.5 Å². The van der Waals surface area contributed by atoms with E-state index in [0.29, 0.717) is 41.8 Å². The number of aromatic hydroxyl groups is 2. The maximum atomic E-state index is 12.8. The Morgan fingerprint density at radius 3 is 2.41 bits per heavy atom. The summed E-state index contributed by atoms with van der Waals surface area (Å²) < 4.78 is 5.64. The summed E-state index contributed by atoms with van der Waals surface area (Å²) in [6.07, 6.45) is 2.85. The SMILES string of the molecule is CCNC(=O)c1noc(-c2cc(C(C)C)c(O)cc2O)c1-c1ccc(CN(C)CCCCCC(=O)NO)cc1. The largest absolute Gasteiger partial charge is 0.508 e. The average Bonchev–Trinajstić information content (AvgIpc) is 3.33. The van der Waals surface area contributed by atoms with E-state index in [4.69, 9.17) is 9.73 Å². The number of hydroxylamine groups is 1. The van der Waals surface area contributed by atoms with Gasteiger partial charge in [0.15, 0.2) is 11.5 Å². The minimum Gasteiger partial charge on any atom is -0.508 e. The fourth-order valence-corrected chi connectivity index (χ4v) is 4.45. The summed E-state index contributed by atoms with van der Waals surface area (Å²) in [5.74, 6) is -0.696. The quantitative estimate of drug-likeness (QED) is 0.119. The van der Waals surface area contributed by atoms with E-state index >= 15 is 0 Å². The molecule has 0 bridgehead atoms. The first-order chi connectivity index (χ1) is 18.7. The molecule has 5 N–H and O–H groups in total. The molecule has 1 heterocycles. The molecule has 0 aliphatic heterocycles. The lowest BCUT2D eigenvalue weighted by atomic mass is 9.94. The van der Waals surface area contributed by atoms with Gasteiger partial charge < -0.3 is 25.0 Å². The maximum absolute atomic E-state index is 12.8. The van der Waals surface area contributed by atoms with E-state index in [2.05, 4.69) is 15.4 Å². The molecule has 0 saturated heterocycles. The van der Waals surface area contributed by atoms with Crippen molar-refractivity contribution in [3.8, 4) is 33.9 Å². The first kappa shape index (κ1) is 29.7. The molecule has 0 spiro atoms. The summed E-state index contributed by atoms with van der Waals surface area (Å²) in [5.41, 5.74) is 4.99. The van der Waals surface area contributed by atoms with Gasteiger partial charge in [-0.25, -0.2) is 5.48 Å². The zero-order valence-electron chi connectivity index (χ0n) is 23.0. The van der Waals surface area contributed by atoms with Crippen LogP contribution in [0.1, 0.15) is 74.0 Å². The Morgan fingerprint density at radius 1 is 1.05 bits per heavy atom. The Bertz CT molecular complexity index is 1270. The standard InChI is InChI=1S/C29H38N4O6/c1-5-30-29(37)27-26(28(39-32-27)22-15-21(18(2)3)23(34)16-24(22)35)20-12-10-19(11-13-20)17-33(4)14-8-6-7-9-25(36)31-38/h10-13,15-16,18,34-35,38H,5-9,14,17H2,1-4H3,(H,30,37)(H,31,36). The molecule has 210 valence electrons. The van der Waals surface area contributed by atoms with E-state index < -0.39 is 0 Å². The molecular formula is C29H38N4O6. The molecule has 1 aromatic heterocycles. The monoisotopic (exact) mass is 538 g/mol. The van der Waals surface area contributed by atoms with Gasteiger partial charge in [0.25, 0.3) is 5.91 Å². The molecule has 0 aliphatic rings. The number of hydrogen-bond acceptors (Lipinski definition) is 8. The van der Waals surface area contributed by atoms with Crippen molar-refractivity contribution in [3.05, 3.63) is 53.2 Å². The number of phenolic OH excluding ortho intramolecular Hbond substituents is 2. The minimum absolute atomic E-state index is 0.00473. The minimum atomic E-state index is -0.384. The normalized spacial score (nSPS) is 11.3. The summed E-state index contributed by atoms with van der Waals surface area (Å²) in [6.45, 7) is 7.68. The number of aromatic nitrogens is 1. The number of phenols is 2. The molecule has 10 heteroatoms. The van der Waals surface area contributed by atoms with Crippen LogP contribution >= 0.6 is 0 Å². The molecule has 0 atom stereocenters. The molecule has 2 amide bonds. The Labute approximate surface area is 228 Å². The zero-order chi connectivity index (χ0) is 28.5. The number of carbonyl (C=O) groups excluding carboxylic acids is 2. The van der Waals surface area contributed by atoms with E-state index in [0.717, 1.165) is 31.4 Å². The summed E-state index contributed by atoms with van der Waals surface area (Å²) in [5, 5.41) is 36.3. The van der Waals surface area contributed by atoms with Gasteiger partial charge in [-0.2, -0.15) is 0 Å². The van der Waals surface area contributed by atoms with Gasteiger partial charge in [0.05, 0.1) is 11.1 Å². The van der Waals surface area contributed by atoms with Crippen LogP contribution in [-0.4, -0.2) is 57.4 Å². The van der Waals surface area contributed by atoms with Gasteiger partial charge in [0.1, 0.15) is 11.5 Å². The van der Waals surface area contributed by atoms with E-state index in [1.807, 2.05) is 52.1 Å². The number of amides is 2. The van der Waals surface area contributed by atoms with Crippen molar-refractivity contribution in [1.29, 1.82) is 0 Å². The van der Waals surface area contributed by atoms with Crippen LogP contribution in [0.2, 0.25) is 0 Å². The van der Waals surface area contributed by atoms with Crippen LogP contribution in [0.25, 0.3) is 22.5 Å². The molecule has 39 heavy (non-hydrogen) atoms. The number of nitrogens with one attached hydrogen (secondary N) is 2. The van der Waals surface area contributed by atoms with Crippen molar-refractivity contribution in [3.63, 3.8) is 0 Å². The Balaban J connectivity index is 1.84. The van der Waals surface area contributed by atoms with Gasteiger partial charge in [0, 0.05) is 25.6 Å². The Morgan fingerprint density at radius 2 is 1.77 bits per heavy atom. The van der Waals surface area contributed by atoms with Gasteiger partial charge >= 0.3 is 0 Å². The van der Waals surface area contributed by atoms with Crippen molar-refractivity contribution in [2.24, 2.45) is 0 Å². The highest BCUT2D eigenvalue weighted by molar-refractivity contribution is 6.02. The fraction of sp³-hybridized carbons (Fsp3) is 0.414. The second-order valence-corrected chi connectivity index (χ2v) is 9.96. The molecule has 0 fully saturated rings. The third-order valence-corrected chi connectivity index (χ3v) is 6.52. The number of hydrogen-bond donors (Lipinski definition) is 5. The summed E-state index contributed by atoms with van der Waals surface area (Å²) in [7, 11) is 2.03. The molecule has 0 aliphatic carbocycles. The highest BCUT2D eigenvalue weighted by Crippen LogP contribution is 2.43. The van der Waals surface area contributed by atoms with Gasteiger partial charge in [0.2, 0.25) is 5.91 Å². The number of benzene rings is 2. The highest BCUT2D eigenvalue weighted by Gasteiger charge is 2.27. The molecule has 3 rings (SSSR count). The summed E-state index contributed by atoms with van der Waals surface area (Å²) in [6, 6.07) is 10.7. The molecule has 10 nitrogen and oxygen atoms in total. The lowest BCUT2D eigenvalue weighted by Gasteiger charge is -2.17. The van der Waals surface area contributed by atoms with Gasteiger partial charge in [-0.15, -0.1) is 0 Å². The Kier molecular flexibility index (Phi) is 10.5.